The van der Waals surface area contributed by atoms with Crippen molar-refractivity contribution in [1.29, 1.82) is 0 Å². The van der Waals surface area contributed by atoms with Crippen LogP contribution in [0.3, 0.4) is 0 Å². The van der Waals surface area contributed by atoms with E-state index < -0.39 is 0 Å². The molecule has 0 aromatic carbocycles. The SMILES string of the molecule is Clc1nc(NC2CCOC2)nc(-n2ccnc2)n1. The number of anilines is 1. The van der Waals surface area contributed by atoms with Crippen LogP contribution in [0.1, 0.15) is 6.42 Å². The molecule has 0 radical (unpaired) electrons. The molecule has 7 nitrogen and oxygen atoms in total. The molecule has 2 aromatic rings. The zero-order chi connectivity index (χ0) is 12.4. The third-order valence-corrected chi connectivity index (χ3v) is 2.76. The summed E-state index contributed by atoms with van der Waals surface area (Å²) in [5.41, 5.74) is 0. The van der Waals surface area contributed by atoms with Crippen molar-refractivity contribution in [2.75, 3.05) is 18.5 Å². The summed E-state index contributed by atoms with van der Waals surface area (Å²) < 4.78 is 6.95. The smallest absolute Gasteiger partial charge is 0.241 e. The van der Waals surface area contributed by atoms with Crippen molar-refractivity contribution in [2.45, 2.75) is 12.5 Å². The van der Waals surface area contributed by atoms with Crippen molar-refractivity contribution in [2.24, 2.45) is 0 Å². The minimum atomic E-state index is 0.148. The van der Waals surface area contributed by atoms with E-state index in [1.165, 1.54) is 0 Å². The molecular formula is C10H11ClN6O. The van der Waals surface area contributed by atoms with Crippen molar-refractivity contribution in [3.05, 3.63) is 24.0 Å². The van der Waals surface area contributed by atoms with Gasteiger partial charge in [0, 0.05) is 19.0 Å². The zero-order valence-electron chi connectivity index (χ0n) is 9.45. The van der Waals surface area contributed by atoms with Crippen LogP contribution in [-0.2, 0) is 4.74 Å². The van der Waals surface area contributed by atoms with Gasteiger partial charge in [0.25, 0.3) is 0 Å². The summed E-state index contributed by atoms with van der Waals surface area (Å²) in [6, 6.07) is 0.221. The molecule has 1 N–H and O–H groups in total. The molecule has 8 heteroatoms. The Labute approximate surface area is 108 Å². The van der Waals surface area contributed by atoms with E-state index in [0.717, 1.165) is 13.0 Å². The first-order valence-electron chi connectivity index (χ1n) is 5.55. The number of halogens is 1. The first kappa shape index (κ1) is 11.4. The monoisotopic (exact) mass is 266 g/mol. The van der Waals surface area contributed by atoms with Crippen LogP contribution in [0.25, 0.3) is 5.95 Å². The first-order chi connectivity index (χ1) is 8.81. The molecule has 1 aliphatic heterocycles. The highest BCUT2D eigenvalue weighted by Crippen LogP contribution is 2.13. The second-order valence-electron chi connectivity index (χ2n) is 3.90. The van der Waals surface area contributed by atoms with E-state index in [-0.39, 0.29) is 11.3 Å². The summed E-state index contributed by atoms with van der Waals surface area (Å²) in [6.45, 7) is 1.41. The van der Waals surface area contributed by atoms with Gasteiger partial charge in [0.2, 0.25) is 17.2 Å². The summed E-state index contributed by atoms with van der Waals surface area (Å²) in [4.78, 5) is 16.3. The van der Waals surface area contributed by atoms with Crippen LogP contribution in [0.2, 0.25) is 5.28 Å². The van der Waals surface area contributed by atoms with Crippen LogP contribution < -0.4 is 5.32 Å². The molecule has 3 rings (SSSR count). The highest BCUT2D eigenvalue weighted by molar-refractivity contribution is 6.28. The summed E-state index contributed by atoms with van der Waals surface area (Å²) >= 11 is 5.89. The fourth-order valence-corrected chi connectivity index (χ4v) is 1.88. The number of imidazole rings is 1. The Morgan fingerprint density at radius 3 is 3.06 bits per heavy atom. The second kappa shape index (κ2) is 4.87. The third-order valence-electron chi connectivity index (χ3n) is 2.59. The lowest BCUT2D eigenvalue weighted by atomic mass is 10.3. The lowest BCUT2D eigenvalue weighted by molar-refractivity contribution is 0.195. The summed E-state index contributed by atoms with van der Waals surface area (Å²) in [6.07, 6.45) is 5.93. The van der Waals surface area contributed by atoms with Gasteiger partial charge in [-0.05, 0) is 18.0 Å². The molecule has 0 saturated carbocycles. The topological polar surface area (TPSA) is 77.8 Å². The van der Waals surface area contributed by atoms with Gasteiger partial charge in [-0.15, -0.1) is 0 Å². The van der Waals surface area contributed by atoms with Crippen LogP contribution in [0, 0.1) is 0 Å². The van der Waals surface area contributed by atoms with E-state index >= 15 is 0 Å². The maximum absolute atomic E-state index is 5.89. The fourth-order valence-electron chi connectivity index (χ4n) is 1.73. The molecule has 2 aromatic heterocycles. The van der Waals surface area contributed by atoms with Crippen molar-refractivity contribution in [3.8, 4) is 5.95 Å². The third kappa shape index (κ3) is 2.41. The van der Waals surface area contributed by atoms with Gasteiger partial charge in [0.15, 0.2) is 0 Å². The summed E-state index contributed by atoms with van der Waals surface area (Å²) in [7, 11) is 0. The summed E-state index contributed by atoms with van der Waals surface area (Å²) in [5, 5.41) is 3.33. The van der Waals surface area contributed by atoms with Crippen molar-refractivity contribution < 1.29 is 4.74 Å². The van der Waals surface area contributed by atoms with E-state index in [1.807, 2.05) is 0 Å². The first-order valence-corrected chi connectivity index (χ1v) is 5.93. The lowest BCUT2D eigenvalue weighted by Crippen LogP contribution is -2.21. The normalized spacial score (nSPS) is 19.1. The van der Waals surface area contributed by atoms with E-state index in [9.17, 15) is 0 Å². The van der Waals surface area contributed by atoms with Crippen molar-refractivity contribution in [3.63, 3.8) is 0 Å². The Kier molecular flexibility index (Phi) is 3.07. The number of rotatable bonds is 3. The Morgan fingerprint density at radius 2 is 2.33 bits per heavy atom. The Balaban J connectivity index is 1.86. The Bertz CT molecular complexity index is 525. The standard InChI is InChI=1S/C10H11ClN6O/c11-8-14-9(13-7-1-4-18-5-7)16-10(15-8)17-3-2-12-6-17/h2-3,6-7H,1,4-5H2,(H,13,14,15,16). The van der Waals surface area contributed by atoms with Crippen molar-refractivity contribution in [1.82, 2.24) is 24.5 Å². The molecule has 1 fully saturated rings. The van der Waals surface area contributed by atoms with Crippen LogP contribution >= 0.6 is 11.6 Å². The predicted octanol–water partition coefficient (Wildman–Crippen LogP) is 0.911. The number of nitrogens with zero attached hydrogens (tertiary/aromatic N) is 5. The number of hydrogen-bond acceptors (Lipinski definition) is 6. The molecule has 18 heavy (non-hydrogen) atoms. The molecule has 1 saturated heterocycles. The fraction of sp³-hybridized carbons (Fsp3) is 0.400. The van der Waals surface area contributed by atoms with E-state index in [4.69, 9.17) is 16.3 Å². The van der Waals surface area contributed by atoms with E-state index in [1.54, 1.807) is 23.3 Å². The maximum atomic E-state index is 5.89. The second-order valence-corrected chi connectivity index (χ2v) is 4.24. The lowest BCUT2D eigenvalue weighted by Gasteiger charge is -2.11. The van der Waals surface area contributed by atoms with E-state index in [0.29, 0.717) is 18.5 Å². The quantitative estimate of drug-likeness (QED) is 0.890. The van der Waals surface area contributed by atoms with Gasteiger partial charge in [-0.25, -0.2) is 4.98 Å². The number of hydrogen-bond donors (Lipinski definition) is 1. The number of nitrogens with one attached hydrogen (secondary N) is 1. The van der Waals surface area contributed by atoms with Gasteiger partial charge in [0.1, 0.15) is 6.33 Å². The number of ether oxygens (including phenoxy) is 1. The van der Waals surface area contributed by atoms with Gasteiger partial charge in [-0.1, -0.05) is 0 Å². The zero-order valence-corrected chi connectivity index (χ0v) is 10.2. The molecule has 3 heterocycles. The van der Waals surface area contributed by atoms with Crippen LogP contribution in [-0.4, -0.2) is 43.8 Å². The predicted molar refractivity (Wildman–Crippen MR) is 64.8 cm³/mol. The van der Waals surface area contributed by atoms with Crippen LogP contribution in [0.4, 0.5) is 5.95 Å². The van der Waals surface area contributed by atoms with Crippen molar-refractivity contribution >= 4 is 17.5 Å². The minimum Gasteiger partial charge on any atom is -0.379 e. The molecule has 0 aliphatic carbocycles. The maximum Gasteiger partial charge on any atom is 0.241 e. The minimum absolute atomic E-state index is 0.148. The molecule has 0 spiro atoms. The average molecular weight is 267 g/mol. The highest BCUT2D eigenvalue weighted by atomic mass is 35.5. The Morgan fingerprint density at radius 1 is 1.39 bits per heavy atom. The Hall–Kier alpha value is -1.73. The van der Waals surface area contributed by atoms with Gasteiger partial charge in [-0.2, -0.15) is 15.0 Å². The van der Waals surface area contributed by atoms with Gasteiger partial charge in [-0.3, -0.25) is 4.57 Å². The molecule has 1 aliphatic rings. The van der Waals surface area contributed by atoms with Gasteiger partial charge in [0.05, 0.1) is 12.6 Å². The number of aromatic nitrogens is 5. The molecular weight excluding hydrogens is 256 g/mol. The molecule has 0 bridgehead atoms. The van der Waals surface area contributed by atoms with Gasteiger partial charge >= 0.3 is 0 Å². The highest BCUT2D eigenvalue weighted by Gasteiger charge is 2.17. The van der Waals surface area contributed by atoms with Crippen LogP contribution in [0.15, 0.2) is 18.7 Å². The average Bonchev–Trinajstić information content (AvgIpc) is 3.00. The molecule has 94 valence electrons. The van der Waals surface area contributed by atoms with Gasteiger partial charge < -0.3 is 10.1 Å². The van der Waals surface area contributed by atoms with Crippen LogP contribution in [0.5, 0.6) is 0 Å². The molecule has 1 atom stereocenters. The summed E-state index contributed by atoms with van der Waals surface area (Å²) in [5.74, 6) is 0.892. The molecule has 1 unspecified atom stereocenters. The molecule has 0 amide bonds. The van der Waals surface area contributed by atoms with E-state index in [2.05, 4.69) is 25.3 Å². The largest absolute Gasteiger partial charge is 0.379 e.